The highest BCUT2D eigenvalue weighted by Gasteiger charge is 2.54. The molecule has 16 atom stereocenters. The minimum Gasteiger partial charge on any atom is -0.508 e. The minimum atomic E-state index is -2.11. The number of hydrogen-bond acceptors (Lipinski definition) is 24. The van der Waals surface area contributed by atoms with Crippen LogP contribution in [0.2, 0.25) is 0 Å². The van der Waals surface area contributed by atoms with Crippen molar-refractivity contribution in [1.29, 1.82) is 0 Å². The van der Waals surface area contributed by atoms with Crippen LogP contribution < -0.4 is 9.47 Å². The number of phenolic OH excluding ortho intramolecular Hbond substituents is 2. The number of carbonyl (C=O) groups is 4. The van der Waals surface area contributed by atoms with Crippen molar-refractivity contribution in [3.8, 4) is 28.9 Å². The molecule has 0 unspecified atom stereocenters. The summed E-state index contributed by atoms with van der Waals surface area (Å²) < 4.78 is 54.1. The molecule has 4 aromatic rings. The van der Waals surface area contributed by atoms with E-state index in [2.05, 4.69) is 0 Å². The topological polar surface area (TPSA) is 419 Å². The number of allylic oxidation sites excluding steroid dienone is 1. The van der Waals surface area contributed by atoms with Crippen LogP contribution >= 0.6 is 0 Å². The van der Waals surface area contributed by atoms with Gasteiger partial charge in [-0.1, -0.05) is 18.2 Å². The molecule has 398 valence electrons. The summed E-state index contributed by atoms with van der Waals surface area (Å²) in [7, 11) is 0. The molecule has 3 aromatic carbocycles. The Morgan fingerprint density at radius 1 is 0.608 bits per heavy atom. The van der Waals surface area contributed by atoms with Crippen molar-refractivity contribution < 1.29 is 128 Å². The van der Waals surface area contributed by atoms with E-state index >= 15 is 0 Å². The third-order valence-corrected chi connectivity index (χ3v) is 13.0. The second-order valence-corrected chi connectivity index (χ2v) is 17.8. The van der Waals surface area contributed by atoms with Crippen molar-refractivity contribution in [1.82, 2.24) is 4.57 Å². The number of fused-ring (bicyclic) bond motifs is 4. The van der Waals surface area contributed by atoms with Gasteiger partial charge in [0, 0.05) is 28.6 Å². The van der Waals surface area contributed by atoms with Gasteiger partial charge in [0.15, 0.2) is 12.4 Å². The van der Waals surface area contributed by atoms with Crippen LogP contribution in [-0.2, 0) is 52.3 Å². The van der Waals surface area contributed by atoms with Crippen LogP contribution in [0.4, 0.5) is 0 Å². The smallest absolute Gasteiger partial charge is 0.317 e. The number of ether oxygens (including phenoxy) is 9. The zero-order valence-corrected chi connectivity index (χ0v) is 38.1. The zero-order valence-electron chi connectivity index (χ0n) is 38.1. The summed E-state index contributed by atoms with van der Waals surface area (Å²) in [6.45, 7) is -2.52. The number of carboxylic acids is 2. The van der Waals surface area contributed by atoms with E-state index < -0.39 is 160 Å². The van der Waals surface area contributed by atoms with Crippen molar-refractivity contribution >= 4 is 40.5 Å². The number of aliphatic hydroxyl groups excluding tert-OH is 9. The summed E-state index contributed by atoms with van der Waals surface area (Å²) in [5.74, 6) is -7.73. The Kier molecular flexibility index (Phi) is 14.7. The third-order valence-electron chi connectivity index (χ3n) is 13.0. The lowest BCUT2D eigenvalue weighted by atomic mass is 9.83. The molecule has 5 aliphatic rings. The first kappa shape index (κ1) is 52.2. The molecule has 74 heavy (non-hydrogen) atoms. The Labute approximate surface area is 415 Å². The fourth-order valence-corrected chi connectivity index (χ4v) is 9.37. The van der Waals surface area contributed by atoms with Gasteiger partial charge in [0.2, 0.25) is 18.5 Å². The predicted octanol–water partition coefficient (Wildman–Crippen LogP) is -2.61. The van der Waals surface area contributed by atoms with Crippen molar-refractivity contribution in [3.63, 3.8) is 0 Å². The van der Waals surface area contributed by atoms with Crippen LogP contribution in [0.15, 0.2) is 66.4 Å². The van der Waals surface area contributed by atoms with Gasteiger partial charge >= 0.3 is 23.9 Å². The number of nitrogens with zero attached hydrogens (tertiary/aromatic N) is 1. The summed E-state index contributed by atoms with van der Waals surface area (Å²) in [6.07, 6.45) is -30.5. The van der Waals surface area contributed by atoms with Gasteiger partial charge in [-0.3, -0.25) is 23.7 Å². The van der Waals surface area contributed by atoms with Gasteiger partial charge in [-0.25, -0.2) is 0 Å². The molecule has 13 N–H and O–H groups in total. The van der Waals surface area contributed by atoms with Crippen molar-refractivity contribution in [2.75, 3.05) is 19.8 Å². The van der Waals surface area contributed by atoms with Gasteiger partial charge in [-0.05, 0) is 30.3 Å². The first-order valence-corrected chi connectivity index (χ1v) is 22.7. The number of hydrogen-bond donors (Lipinski definition) is 13. The molecule has 1 aromatic heterocycles. The van der Waals surface area contributed by atoms with Crippen LogP contribution in [0, 0.1) is 0 Å². The van der Waals surface area contributed by atoms with Crippen LogP contribution in [-0.4, -0.2) is 207 Å². The Balaban J connectivity index is 1.10. The number of carboxylic acid groups (broad SMARTS) is 2. The first-order valence-electron chi connectivity index (χ1n) is 22.7. The summed E-state index contributed by atoms with van der Waals surface area (Å²) >= 11 is 0. The van der Waals surface area contributed by atoms with Crippen molar-refractivity contribution in [2.24, 2.45) is 0 Å². The lowest BCUT2D eigenvalue weighted by Crippen LogP contribution is -2.64. The number of aromatic nitrogens is 1. The maximum Gasteiger partial charge on any atom is 0.317 e. The molecule has 3 saturated heterocycles. The molecule has 4 bridgehead atoms. The molecule has 9 rings (SSSR count). The lowest BCUT2D eigenvalue weighted by Gasteiger charge is -2.46. The van der Waals surface area contributed by atoms with Crippen LogP contribution in [0.3, 0.4) is 0 Å². The van der Waals surface area contributed by atoms with Gasteiger partial charge in [0.25, 0.3) is 0 Å². The number of rotatable bonds is 16. The zero-order chi connectivity index (χ0) is 53.0. The molecule has 0 saturated carbocycles. The van der Waals surface area contributed by atoms with E-state index in [1.54, 1.807) is 28.8 Å². The van der Waals surface area contributed by atoms with Crippen LogP contribution in [0.1, 0.15) is 35.4 Å². The number of esters is 2. The molecule has 0 aliphatic carbocycles. The fraction of sp³-hybridized carbons (Fsp3) is 0.447. The molecule has 0 amide bonds. The number of benzene rings is 3. The van der Waals surface area contributed by atoms with E-state index in [9.17, 15) is 75.3 Å². The van der Waals surface area contributed by atoms with E-state index in [0.29, 0.717) is 22.0 Å². The molecular weight excluding hydrogens is 994 g/mol. The monoisotopic (exact) mass is 1040 g/mol. The highest BCUT2D eigenvalue weighted by atomic mass is 16.8. The molecule has 27 heteroatoms. The van der Waals surface area contributed by atoms with Crippen molar-refractivity contribution in [3.05, 3.63) is 83.1 Å². The molecule has 6 heterocycles. The van der Waals surface area contributed by atoms with E-state index in [1.165, 1.54) is 30.3 Å². The highest BCUT2D eigenvalue weighted by Crippen LogP contribution is 2.61. The molecule has 3 fully saturated rings. The Morgan fingerprint density at radius 3 is 1.78 bits per heavy atom. The van der Waals surface area contributed by atoms with E-state index in [4.69, 9.17) is 52.8 Å². The molecule has 27 nitrogen and oxygen atoms in total. The maximum absolute atomic E-state index is 12.1. The first-order chi connectivity index (χ1) is 35.3. The Bertz CT molecular complexity index is 2810. The standard InChI is InChI=1S/C47H49NO26/c49-13-23-34(58)39(63)43(74-46-41(65)38(62)36(60)25(72-46)15-67-29(57)12-27(54)55)47(70-23)73-42-32-30-19-3-1-2-4-20(19)48(33(42)16-5-7-17(50)8-6-16)44(30)69-22-10-18(9-21(51)31(22)32)68-45-40(64)37(61)35(59)24(71-45)14-66-28(56)11-26(52)53/h1-10,23-25,32,34-41,43,45-47,49-51,58-65H,11-15H2,(H,52,53)(H,54,55)/t23-,24-,25-,32-,34-,35-,36-,37+,38+,39+,40-,41-,43-,45-,46+,47+/m1/s1. The normalized spacial score (nSPS) is 32.2. The number of aliphatic carboxylic acids is 2. The number of aliphatic hydroxyl groups is 9. The van der Waals surface area contributed by atoms with Gasteiger partial charge in [0.1, 0.15) is 122 Å². The van der Waals surface area contributed by atoms with Gasteiger partial charge in [-0.15, -0.1) is 0 Å². The number of carbonyl (C=O) groups excluding carboxylic acids is 2. The predicted molar refractivity (Wildman–Crippen MR) is 237 cm³/mol. The molecule has 5 aliphatic heterocycles. The third kappa shape index (κ3) is 9.76. The summed E-state index contributed by atoms with van der Waals surface area (Å²) in [5, 5.41) is 139. The molecule has 0 radical (unpaired) electrons. The van der Waals surface area contributed by atoms with Gasteiger partial charge < -0.3 is 109 Å². The molecular formula is C47H49NO26. The minimum absolute atomic E-state index is 0.0153. The highest BCUT2D eigenvalue weighted by molar-refractivity contribution is 5.98. The average molecular weight is 1040 g/mol. The molecule has 0 spiro atoms. The SMILES string of the molecule is O=C(O)CC(=O)OC[C@H]1O[C@@H](Oc2cc(O)c3c(c2)Oc2c4c5ccccc5n2C(c2ccc(O)cc2)=C(O[C@@H]2O[C@H](CO)[C@@H](O)[C@H](O)[C@H]2O[C@@H]2O[C@H](COC(=O)CC(=O)O)[C@@H](O)[C@H](O)[C@H]2O)[C@@H]34)[C@H](O)[C@@H](O)[C@@H]1O. The number of phenols is 2. The number of aromatic hydroxyl groups is 2. The Morgan fingerprint density at radius 2 is 1.18 bits per heavy atom. The maximum atomic E-state index is 12.1. The number of para-hydroxylation sites is 1. The van der Waals surface area contributed by atoms with Gasteiger partial charge in [0.05, 0.1) is 29.3 Å². The Hall–Kier alpha value is -6.70. The summed E-state index contributed by atoms with van der Waals surface area (Å²) in [6, 6.07) is 15.0. The summed E-state index contributed by atoms with van der Waals surface area (Å²) in [5.41, 5.74) is 1.37. The fourth-order valence-electron chi connectivity index (χ4n) is 9.37. The van der Waals surface area contributed by atoms with Crippen LogP contribution in [0.25, 0.3) is 16.6 Å². The quantitative estimate of drug-likeness (QED) is 0.0404. The van der Waals surface area contributed by atoms with Crippen LogP contribution in [0.5, 0.6) is 28.9 Å². The van der Waals surface area contributed by atoms with Crippen molar-refractivity contribution in [2.45, 2.75) is 111 Å². The largest absolute Gasteiger partial charge is 0.508 e. The summed E-state index contributed by atoms with van der Waals surface area (Å²) in [4.78, 5) is 46.0. The lowest BCUT2D eigenvalue weighted by molar-refractivity contribution is -0.363. The van der Waals surface area contributed by atoms with E-state index in [-0.39, 0.29) is 40.1 Å². The second-order valence-electron chi connectivity index (χ2n) is 17.8. The second kappa shape index (κ2) is 20.9. The van der Waals surface area contributed by atoms with E-state index in [0.717, 1.165) is 6.07 Å². The van der Waals surface area contributed by atoms with E-state index in [1.807, 2.05) is 0 Å². The average Bonchev–Trinajstić information content (AvgIpc) is 3.61. The van der Waals surface area contributed by atoms with Gasteiger partial charge in [-0.2, -0.15) is 0 Å².